The van der Waals surface area contributed by atoms with Gasteiger partial charge in [-0.25, -0.2) is 8.78 Å². The lowest BCUT2D eigenvalue weighted by molar-refractivity contribution is 0.369. The standard InChI is InChI=1S/C7H7F2O3P/c8-6-2-1-3-7(9)5(6)4-13(10,11)12/h1-3H,4H2,(H2,10,11,12). The fourth-order valence-electron chi connectivity index (χ4n) is 0.889. The van der Waals surface area contributed by atoms with Crippen LogP contribution < -0.4 is 0 Å². The highest BCUT2D eigenvalue weighted by Gasteiger charge is 2.19. The molecule has 0 saturated heterocycles. The Morgan fingerprint density at radius 2 is 1.69 bits per heavy atom. The van der Waals surface area contributed by atoms with Crippen molar-refractivity contribution < 1.29 is 23.1 Å². The molecule has 0 aliphatic rings. The summed E-state index contributed by atoms with van der Waals surface area (Å²) in [7, 11) is -4.42. The smallest absolute Gasteiger partial charge is 0.324 e. The molecular weight excluding hydrogens is 201 g/mol. The van der Waals surface area contributed by atoms with Crippen LogP contribution in [-0.2, 0) is 10.7 Å². The molecular formula is C7H7F2O3P. The maximum Gasteiger partial charge on any atom is 0.330 e. The van der Waals surface area contributed by atoms with E-state index in [9.17, 15) is 13.3 Å². The zero-order chi connectivity index (χ0) is 10.1. The highest BCUT2D eigenvalue weighted by molar-refractivity contribution is 7.50. The summed E-state index contributed by atoms with van der Waals surface area (Å²) in [4.78, 5) is 17.0. The van der Waals surface area contributed by atoms with Crippen LogP contribution in [0, 0.1) is 11.6 Å². The molecule has 72 valence electrons. The lowest BCUT2D eigenvalue weighted by atomic mass is 10.2. The Labute approximate surface area is 73.2 Å². The number of hydrogen-bond acceptors (Lipinski definition) is 1. The molecule has 1 aromatic rings. The first kappa shape index (κ1) is 10.3. The van der Waals surface area contributed by atoms with Gasteiger partial charge in [0.2, 0.25) is 0 Å². The van der Waals surface area contributed by atoms with Gasteiger partial charge in [-0.1, -0.05) is 6.07 Å². The maximum absolute atomic E-state index is 12.8. The molecule has 0 heterocycles. The van der Waals surface area contributed by atoms with Crippen LogP contribution in [0.1, 0.15) is 5.56 Å². The van der Waals surface area contributed by atoms with Crippen LogP contribution in [0.25, 0.3) is 0 Å². The molecule has 0 aliphatic heterocycles. The molecule has 2 N–H and O–H groups in total. The summed E-state index contributed by atoms with van der Waals surface area (Å²) in [6, 6.07) is 3.04. The molecule has 0 unspecified atom stereocenters. The molecule has 0 aromatic heterocycles. The van der Waals surface area contributed by atoms with Gasteiger partial charge >= 0.3 is 7.60 Å². The molecule has 0 fully saturated rings. The minimum Gasteiger partial charge on any atom is -0.324 e. The van der Waals surface area contributed by atoms with E-state index in [1.54, 1.807) is 0 Å². The van der Waals surface area contributed by atoms with Crippen LogP contribution in [0.4, 0.5) is 8.78 Å². The average Bonchev–Trinajstić information content (AvgIpc) is 1.95. The molecule has 0 bridgehead atoms. The third-order valence-corrected chi connectivity index (χ3v) is 2.15. The van der Waals surface area contributed by atoms with E-state index in [0.717, 1.165) is 18.2 Å². The first-order chi connectivity index (χ1) is 5.90. The van der Waals surface area contributed by atoms with Crippen LogP contribution in [0.3, 0.4) is 0 Å². The van der Waals surface area contributed by atoms with E-state index in [2.05, 4.69) is 0 Å². The van der Waals surface area contributed by atoms with E-state index in [1.807, 2.05) is 0 Å². The predicted molar refractivity (Wildman–Crippen MR) is 42.1 cm³/mol. The molecule has 0 radical (unpaired) electrons. The number of halogens is 2. The maximum atomic E-state index is 12.8. The highest BCUT2D eigenvalue weighted by atomic mass is 31.2. The summed E-state index contributed by atoms with van der Waals surface area (Å²) in [6.45, 7) is 0. The molecule has 0 saturated carbocycles. The van der Waals surface area contributed by atoms with Crippen molar-refractivity contribution >= 4 is 7.60 Å². The third-order valence-electron chi connectivity index (χ3n) is 1.43. The van der Waals surface area contributed by atoms with Gasteiger partial charge in [0, 0.05) is 5.56 Å². The van der Waals surface area contributed by atoms with Gasteiger partial charge in [-0.2, -0.15) is 0 Å². The molecule has 0 aliphatic carbocycles. The quantitative estimate of drug-likeness (QED) is 0.726. The van der Waals surface area contributed by atoms with E-state index in [1.165, 1.54) is 0 Å². The largest absolute Gasteiger partial charge is 0.330 e. The van der Waals surface area contributed by atoms with E-state index in [4.69, 9.17) is 9.79 Å². The summed E-state index contributed by atoms with van der Waals surface area (Å²) >= 11 is 0. The van der Waals surface area contributed by atoms with Gasteiger partial charge in [-0.15, -0.1) is 0 Å². The van der Waals surface area contributed by atoms with Crippen molar-refractivity contribution in [3.63, 3.8) is 0 Å². The zero-order valence-corrected chi connectivity index (χ0v) is 7.34. The van der Waals surface area contributed by atoms with Crippen molar-refractivity contribution in [2.24, 2.45) is 0 Å². The SMILES string of the molecule is O=P(O)(O)Cc1c(F)cccc1F. The Hall–Kier alpha value is -0.770. The van der Waals surface area contributed by atoms with Crippen molar-refractivity contribution in [2.75, 3.05) is 0 Å². The van der Waals surface area contributed by atoms with E-state index >= 15 is 0 Å². The summed E-state index contributed by atoms with van der Waals surface area (Å²) in [5.41, 5.74) is -0.573. The van der Waals surface area contributed by atoms with Crippen LogP contribution in [-0.4, -0.2) is 9.79 Å². The van der Waals surface area contributed by atoms with Crippen LogP contribution in [0.2, 0.25) is 0 Å². The fraction of sp³-hybridized carbons (Fsp3) is 0.143. The zero-order valence-electron chi connectivity index (χ0n) is 6.44. The Bertz CT molecular complexity index is 341. The van der Waals surface area contributed by atoms with Crippen LogP contribution in [0.15, 0.2) is 18.2 Å². The molecule has 13 heavy (non-hydrogen) atoms. The van der Waals surface area contributed by atoms with E-state index in [0.29, 0.717) is 0 Å². The molecule has 0 amide bonds. The molecule has 3 nitrogen and oxygen atoms in total. The van der Waals surface area contributed by atoms with Gasteiger partial charge in [-0.05, 0) is 12.1 Å². The summed E-state index contributed by atoms with van der Waals surface area (Å²) in [6.07, 6.45) is -0.911. The molecule has 6 heteroatoms. The van der Waals surface area contributed by atoms with Gasteiger partial charge in [-0.3, -0.25) is 4.57 Å². The second-order valence-corrected chi connectivity index (χ2v) is 4.17. The van der Waals surface area contributed by atoms with Crippen LogP contribution >= 0.6 is 7.60 Å². The van der Waals surface area contributed by atoms with E-state index < -0.39 is 31.0 Å². The topological polar surface area (TPSA) is 57.5 Å². The van der Waals surface area contributed by atoms with Gasteiger partial charge in [0.05, 0.1) is 6.16 Å². The number of benzene rings is 1. The van der Waals surface area contributed by atoms with Crippen molar-refractivity contribution in [1.82, 2.24) is 0 Å². The molecule has 0 spiro atoms. The molecule has 1 rings (SSSR count). The fourth-order valence-corrected chi connectivity index (χ4v) is 1.60. The lowest BCUT2D eigenvalue weighted by Crippen LogP contribution is -1.95. The predicted octanol–water partition coefficient (Wildman–Crippen LogP) is 1.64. The number of hydrogen-bond donors (Lipinski definition) is 2. The van der Waals surface area contributed by atoms with Gasteiger partial charge in [0.1, 0.15) is 11.6 Å². The second kappa shape index (κ2) is 3.54. The Morgan fingerprint density at radius 1 is 1.23 bits per heavy atom. The van der Waals surface area contributed by atoms with Crippen molar-refractivity contribution in [2.45, 2.75) is 6.16 Å². The van der Waals surface area contributed by atoms with E-state index in [-0.39, 0.29) is 0 Å². The van der Waals surface area contributed by atoms with Crippen molar-refractivity contribution in [3.8, 4) is 0 Å². The minimum absolute atomic E-state index is 0.573. The van der Waals surface area contributed by atoms with Crippen molar-refractivity contribution in [1.29, 1.82) is 0 Å². The third kappa shape index (κ3) is 2.88. The summed E-state index contributed by atoms with van der Waals surface area (Å²) < 4.78 is 36.1. The highest BCUT2D eigenvalue weighted by Crippen LogP contribution is 2.40. The normalized spacial score (nSPS) is 11.7. The monoisotopic (exact) mass is 208 g/mol. The van der Waals surface area contributed by atoms with Gasteiger partial charge in [0.15, 0.2) is 0 Å². The molecule has 0 atom stereocenters. The average molecular weight is 208 g/mol. The Balaban J connectivity index is 3.07. The first-order valence-electron chi connectivity index (χ1n) is 3.37. The Kier molecular flexibility index (Phi) is 2.81. The second-order valence-electron chi connectivity index (χ2n) is 2.52. The lowest BCUT2D eigenvalue weighted by Gasteiger charge is -2.05. The first-order valence-corrected chi connectivity index (χ1v) is 5.17. The molecule has 1 aromatic carbocycles. The van der Waals surface area contributed by atoms with Gasteiger partial charge in [0.25, 0.3) is 0 Å². The minimum atomic E-state index is -4.42. The Morgan fingerprint density at radius 3 is 2.08 bits per heavy atom. The summed E-state index contributed by atoms with van der Waals surface area (Å²) in [5.74, 6) is -1.88. The van der Waals surface area contributed by atoms with Gasteiger partial charge < -0.3 is 9.79 Å². The van der Waals surface area contributed by atoms with Crippen LogP contribution in [0.5, 0.6) is 0 Å². The number of rotatable bonds is 2. The van der Waals surface area contributed by atoms with Crippen molar-refractivity contribution in [3.05, 3.63) is 35.4 Å². The summed E-state index contributed by atoms with van der Waals surface area (Å²) in [5, 5.41) is 0.